The van der Waals surface area contributed by atoms with E-state index in [9.17, 15) is 13.2 Å². The number of benzene rings is 2. The molecule has 0 spiro atoms. The average molecular weight is 357 g/mol. The summed E-state index contributed by atoms with van der Waals surface area (Å²) in [5.41, 5.74) is 4.86. The fourth-order valence-corrected chi connectivity index (χ4v) is 3.52. The molecule has 0 saturated heterocycles. The lowest BCUT2D eigenvalue weighted by atomic mass is 10.0. The third-order valence-corrected chi connectivity index (χ3v) is 4.56. The van der Waals surface area contributed by atoms with E-state index in [-0.39, 0.29) is 0 Å². The number of alkyl halides is 3. The predicted molar refractivity (Wildman–Crippen MR) is 95.7 cm³/mol. The number of fused-ring (bicyclic) bond motifs is 1. The summed E-state index contributed by atoms with van der Waals surface area (Å²) in [5.74, 6) is 0.776. The molecule has 0 aliphatic carbocycles. The van der Waals surface area contributed by atoms with Crippen LogP contribution in [0.2, 0.25) is 0 Å². The standard InChI is InChI=1S/C20H18F3N3/c1-12-8-13(2)10-14(9-12)18-17-6-7-24-19(17)26(25-18)16-5-3-4-15(11-16)20(21,22)23/h3-5,8-11,24H,6-7H2,1-2H3. The minimum Gasteiger partial charge on any atom is -0.369 e. The second kappa shape index (κ2) is 5.90. The molecule has 0 atom stereocenters. The Hall–Kier alpha value is -2.76. The predicted octanol–water partition coefficient (Wildman–Crippen LogP) is 5.14. The SMILES string of the molecule is Cc1cc(C)cc(-c2nn(-c3cccc(C(F)(F)F)c3)c3c2CCN3)c1. The van der Waals surface area contributed by atoms with Gasteiger partial charge in [0.05, 0.1) is 16.9 Å². The number of nitrogens with zero attached hydrogens (tertiary/aromatic N) is 2. The number of hydrogen-bond acceptors (Lipinski definition) is 2. The van der Waals surface area contributed by atoms with Gasteiger partial charge in [0.1, 0.15) is 5.82 Å². The lowest BCUT2D eigenvalue weighted by Crippen LogP contribution is -2.08. The zero-order valence-corrected chi connectivity index (χ0v) is 14.5. The molecule has 3 nitrogen and oxygen atoms in total. The first-order valence-electron chi connectivity index (χ1n) is 8.45. The quantitative estimate of drug-likeness (QED) is 0.688. The molecule has 0 radical (unpaired) electrons. The molecule has 1 aliphatic heterocycles. The Morgan fingerprint density at radius 3 is 2.46 bits per heavy atom. The topological polar surface area (TPSA) is 29.9 Å². The highest BCUT2D eigenvalue weighted by Gasteiger charge is 2.31. The molecule has 0 fully saturated rings. The molecule has 4 rings (SSSR count). The van der Waals surface area contributed by atoms with Gasteiger partial charge >= 0.3 is 6.18 Å². The second-order valence-corrected chi connectivity index (χ2v) is 6.69. The molecule has 3 aromatic rings. The largest absolute Gasteiger partial charge is 0.416 e. The van der Waals surface area contributed by atoms with E-state index in [2.05, 4.69) is 28.6 Å². The van der Waals surface area contributed by atoms with Crippen molar-refractivity contribution in [2.24, 2.45) is 0 Å². The van der Waals surface area contributed by atoms with Crippen molar-refractivity contribution in [3.05, 3.63) is 64.7 Å². The van der Waals surface area contributed by atoms with Crippen LogP contribution in [0.25, 0.3) is 16.9 Å². The van der Waals surface area contributed by atoms with Crippen LogP contribution in [0.4, 0.5) is 19.0 Å². The summed E-state index contributed by atoms with van der Waals surface area (Å²) in [6.45, 7) is 4.81. The van der Waals surface area contributed by atoms with Crippen LogP contribution < -0.4 is 5.32 Å². The van der Waals surface area contributed by atoms with E-state index in [1.54, 1.807) is 10.7 Å². The second-order valence-electron chi connectivity index (χ2n) is 6.69. The summed E-state index contributed by atoms with van der Waals surface area (Å²) in [6.07, 6.45) is -3.58. The molecule has 26 heavy (non-hydrogen) atoms. The van der Waals surface area contributed by atoms with Crippen LogP contribution in [-0.4, -0.2) is 16.3 Å². The molecule has 1 N–H and O–H groups in total. The van der Waals surface area contributed by atoms with Crippen LogP contribution in [0.5, 0.6) is 0 Å². The minimum absolute atomic E-state index is 0.404. The third-order valence-electron chi connectivity index (χ3n) is 4.56. The fraction of sp³-hybridized carbons (Fsp3) is 0.250. The van der Waals surface area contributed by atoms with Crippen molar-refractivity contribution in [1.29, 1.82) is 0 Å². The zero-order valence-electron chi connectivity index (χ0n) is 14.5. The zero-order chi connectivity index (χ0) is 18.5. The first kappa shape index (κ1) is 16.7. The fourth-order valence-electron chi connectivity index (χ4n) is 3.52. The first-order valence-corrected chi connectivity index (χ1v) is 8.45. The third kappa shape index (κ3) is 2.85. The average Bonchev–Trinajstić information content (AvgIpc) is 3.15. The summed E-state index contributed by atoms with van der Waals surface area (Å²) in [5, 5.41) is 7.93. The van der Waals surface area contributed by atoms with Crippen molar-refractivity contribution < 1.29 is 13.2 Å². The number of rotatable bonds is 2. The molecular weight excluding hydrogens is 339 g/mol. The van der Waals surface area contributed by atoms with Gasteiger partial charge in [-0.2, -0.15) is 18.3 Å². The van der Waals surface area contributed by atoms with Crippen molar-refractivity contribution in [2.45, 2.75) is 26.4 Å². The number of halogens is 3. The van der Waals surface area contributed by atoms with E-state index in [4.69, 9.17) is 0 Å². The normalized spacial score (nSPS) is 13.6. The van der Waals surface area contributed by atoms with Gasteiger partial charge in [-0.1, -0.05) is 23.3 Å². The highest BCUT2D eigenvalue weighted by molar-refractivity contribution is 5.73. The molecule has 1 aliphatic rings. The molecular formula is C20H18F3N3. The van der Waals surface area contributed by atoms with Crippen LogP contribution in [0.1, 0.15) is 22.3 Å². The Balaban J connectivity index is 1.87. The highest BCUT2D eigenvalue weighted by Crippen LogP contribution is 2.36. The minimum atomic E-state index is -4.38. The molecule has 6 heteroatoms. The number of aryl methyl sites for hydroxylation is 2. The van der Waals surface area contributed by atoms with Crippen LogP contribution >= 0.6 is 0 Å². The maximum absolute atomic E-state index is 13.1. The molecule has 0 unspecified atom stereocenters. The van der Waals surface area contributed by atoms with E-state index in [1.807, 2.05) is 13.8 Å². The van der Waals surface area contributed by atoms with E-state index >= 15 is 0 Å². The van der Waals surface area contributed by atoms with Crippen LogP contribution in [0.3, 0.4) is 0 Å². The van der Waals surface area contributed by atoms with Crippen LogP contribution in [-0.2, 0) is 12.6 Å². The highest BCUT2D eigenvalue weighted by atomic mass is 19.4. The lowest BCUT2D eigenvalue weighted by molar-refractivity contribution is -0.137. The summed E-state index contributed by atoms with van der Waals surface area (Å²) in [4.78, 5) is 0. The molecule has 0 bridgehead atoms. The molecule has 134 valence electrons. The Labute approximate surface area is 149 Å². The maximum Gasteiger partial charge on any atom is 0.416 e. The van der Waals surface area contributed by atoms with E-state index in [0.717, 1.165) is 58.9 Å². The van der Waals surface area contributed by atoms with Gasteiger partial charge in [0.25, 0.3) is 0 Å². The number of hydrogen-bond donors (Lipinski definition) is 1. The van der Waals surface area contributed by atoms with Crippen molar-refractivity contribution in [1.82, 2.24) is 9.78 Å². The summed E-state index contributed by atoms with van der Waals surface area (Å²) >= 11 is 0. The Morgan fingerprint density at radius 1 is 1.04 bits per heavy atom. The number of anilines is 1. The van der Waals surface area contributed by atoms with Crippen molar-refractivity contribution in [3.63, 3.8) is 0 Å². The maximum atomic E-state index is 13.1. The monoisotopic (exact) mass is 357 g/mol. The van der Waals surface area contributed by atoms with E-state index < -0.39 is 11.7 Å². The van der Waals surface area contributed by atoms with E-state index in [0.29, 0.717) is 5.69 Å². The molecule has 2 heterocycles. The lowest BCUT2D eigenvalue weighted by Gasteiger charge is -2.10. The van der Waals surface area contributed by atoms with E-state index in [1.165, 1.54) is 6.07 Å². The Morgan fingerprint density at radius 2 is 1.77 bits per heavy atom. The van der Waals surface area contributed by atoms with Gasteiger partial charge in [0, 0.05) is 17.7 Å². The molecule has 1 aromatic heterocycles. The van der Waals surface area contributed by atoms with Crippen molar-refractivity contribution in [2.75, 3.05) is 11.9 Å². The summed E-state index contributed by atoms with van der Waals surface area (Å²) in [7, 11) is 0. The van der Waals surface area contributed by atoms with Gasteiger partial charge < -0.3 is 5.32 Å². The Kier molecular flexibility index (Phi) is 3.79. The van der Waals surface area contributed by atoms with Crippen LogP contribution in [0, 0.1) is 13.8 Å². The summed E-state index contributed by atoms with van der Waals surface area (Å²) in [6, 6.07) is 11.5. The molecule has 2 aromatic carbocycles. The number of aromatic nitrogens is 2. The Bertz CT molecular complexity index is 966. The van der Waals surface area contributed by atoms with Gasteiger partial charge in [-0.3, -0.25) is 0 Å². The molecule has 0 saturated carbocycles. The van der Waals surface area contributed by atoms with Crippen molar-refractivity contribution in [3.8, 4) is 16.9 Å². The van der Waals surface area contributed by atoms with Crippen LogP contribution in [0.15, 0.2) is 42.5 Å². The van der Waals surface area contributed by atoms with Gasteiger partial charge in [0.15, 0.2) is 0 Å². The smallest absolute Gasteiger partial charge is 0.369 e. The number of nitrogens with one attached hydrogen (secondary N) is 1. The van der Waals surface area contributed by atoms with Gasteiger partial charge in [0.2, 0.25) is 0 Å². The van der Waals surface area contributed by atoms with Crippen molar-refractivity contribution >= 4 is 5.82 Å². The molecule has 0 amide bonds. The first-order chi connectivity index (χ1) is 12.3. The summed E-state index contributed by atoms with van der Waals surface area (Å²) < 4.78 is 40.8. The van der Waals surface area contributed by atoms with Gasteiger partial charge in [-0.25, -0.2) is 4.68 Å². The van der Waals surface area contributed by atoms with Gasteiger partial charge in [-0.05, 0) is 50.6 Å². The van der Waals surface area contributed by atoms with Gasteiger partial charge in [-0.15, -0.1) is 0 Å².